The zero-order chi connectivity index (χ0) is 15.7. The van der Waals surface area contributed by atoms with Crippen molar-refractivity contribution in [3.05, 3.63) is 35.5 Å². The molecule has 0 saturated carbocycles. The number of rotatable bonds is 4. The van der Waals surface area contributed by atoms with Gasteiger partial charge in [0.25, 0.3) is 5.91 Å². The third-order valence-electron chi connectivity index (χ3n) is 3.97. The molecule has 0 aliphatic carbocycles. The van der Waals surface area contributed by atoms with Crippen LogP contribution < -0.4 is 10.1 Å². The monoisotopic (exact) mass is 300 g/mol. The van der Waals surface area contributed by atoms with Crippen LogP contribution in [0.1, 0.15) is 23.0 Å². The van der Waals surface area contributed by atoms with Gasteiger partial charge in [-0.3, -0.25) is 9.78 Å². The molecule has 1 N–H and O–H groups in total. The third kappa shape index (κ3) is 2.76. The van der Waals surface area contributed by atoms with Gasteiger partial charge in [-0.2, -0.15) is 0 Å². The fraction of sp³-hybridized carbons (Fsp3) is 0.412. The molecule has 22 heavy (non-hydrogen) atoms. The maximum Gasteiger partial charge on any atom is 0.252 e. The Morgan fingerprint density at radius 3 is 2.82 bits per heavy atom. The molecule has 0 radical (unpaired) electrons. The predicted octanol–water partition coefficient (Wildman–Crippen LogP) is 2.32. The summed E-state index contributed by atoms with van der Waals surface area (Å²) in [5.41, 5.74) is 2.28. The minimum absolute atomic E-state index is 0.0523. The van der Waals surface area contributed by atoms with E-state index in [9.17, 15) is 4.79 Å². The summed E-state index contributed by atoms with van der Waals surface area (Å²) in [7, 11) is 1.62. The Kier molecular flexibility index (Phi) is 3.74. The highest BCUT2D eigenvalue weighted by molar-refractivity contribution is 6.06. The molecular weight excluding hydrogens is 280 g/mol. The molecule has 5 nitrogen and oxygen atoms in total. The molecule has 3 rings (SSSR count). The van der Waals surface area contributed by atoms with Gasteiger partial charge in [-0.05, 0) is 25.1 Å². The smallest absolute Gasteiger partial charge is 0.252 e. The number of ether oxygens (including phenoxy) is 2. The SMILES string of the molecule is COc1ccc2c(C(=O)NCC3(C)COC3)cc(C)nc2c1. The molecule has 2 heterocycles. The van der Waals surface area contributed by atoms with Crippen molar-refractivity contribution in [2.45, 2.75) is 13.8 Å². The number of carbonyl (C=O) groups is 1. The number of carbonyl (C=O) groups excluding carboxylic acids is 1. The fourth-order valence-corrected chi connectivity index (χ4v) is 2.60. The van der Waals surface area contributed by atoms with Crippen molar-refractivity contribution < 1.29 is 14.3 Å². The minimum atomic E-state index is -0.0752. The van der Waals surface area contributed by atoms with Crippen molar-refractivity contribution in [1.29, 1.82) is 0 Å². The lowest BCUT2D eigenvalue weighted by Crippen LogP contribution is -2.48. The first-order valence-electron chi connectivity index (χ1n) is 7.32. The zero-order valence-electron chi connectivity index (χ0n) is 13.1. The third-order valence-corrected chi connectivity index (χ3v) is 3.97. The van der Waals surface area contributed by atoms with Crippen LogP contribution in [0.25, 0.3) is 10.9 Å². The van der Waals surface area contributed by atoms with Crippen molar-refractivity contribution >= 4 is 16.8 Å². The zero-order valence-corrected chi connectivity index (χ0v) is 13.1. The molecule has 5 heteroatoms. The molecular formula is C17H20N2O3. The summed E-state index contributed by atoms with van der Waals surface area (Å²) in [6.45, 7) is 6.00. The predicted molar refractivity (Wildman–Crippen MR) is 84.3 cm³/mol. The molecule has 1 saturated heterocycles. The van der Waals surface area contributed by atoms with Gasteiger partial charge in [0.15, 0.2) is 0 Å². The van der Waals surface area contributed by atoms with E-state index >= 15 is 0 Å². The first-order chi connectivity index (χ1) is 10.5. The van der Waals surface area contributed by atoms with E-state index in [2.05, 4.69) is 17.2 Å². The number of hydrogen-bond donors (Lipinski definition) is 1. The molecule has 0 spiro atoms. The summed E-state index contributed by atoms with van der Waals surface area (Å²) in [6, 6.07) is 7.39. The number of hydrogen-bond acceptors (Lipinski definition) is 4. The normalized spacial score (nSPS) is 16.1. The molecule has 0 unspecified atom stereocenters. The summed E-state index contributed by atoms with van der Waals surface area (Å²) in [5, 5.41) is 3.84. The Bertz CT molecular complexity index is 723. The number of fused-ring (bicyclic) bond motifs is 1. The number of methoxy groups -OCH3 is 1. The second kappa shape index (κ2) is 5.57. The van der Waals surface area contributed by atoms with E-state index in [1.54, 1.807) is 7.11 Å². The van der Waals surface area contributed by atoms with Gasteiger partial charge in [0, 0.05) is 29.1 Å². The molecule has 0 atom stereocenters. The topological polar surface area (TPSA) is 60.5 Å². The van der Waals surface area contributed by atoms with Crippen molar-refractivity contribution in [1.82, 2.24) is 10.3 Å². The van der Waals surface area contributed by atoms with Gasteiger partial charge < -0.3 is 14.8 Å². The molecule has 1 aromatic heterocycles. The Balaban J connectivity index is 1.90. The first kappa shape index (κ1) is 14.8. The van der Waals surface area contributed by atoms with Gasteiger partial charge >= 0.3 is 0 Å². The summed E-state index contributed by atoms with van der Waals surface area (Å²) < 4.78 is 10.4. The number of aromatic nitrogens is 1. The van der Waals surface area contributed by atoms with Crippen LogP contribution >= 0.6 is 0 Å². The van der Waals surface area contributed by atoms with E-state index < -0.39 is 0 Å². The highest BCUT2D eigenvalue weighted by Gasteiger charge is 2.33. The lowest BCUT2D eigenvalue weighted by molar-refractivity contribution is -0.0978. The van der Waals surface area contributed by atoms with E-state index in [-0.39, 0.29) is 11.3 Å². The fourth-order valence-electron chi connectivity index (χ4n) is 2.60. The quantitative estimate of drug-likeness (QED) is 0.941. The van der Waals surface area contributed by atoms with Crippen LogP contribution in [0, 0.1) is 12.3 Å². The standard InChI is InChI=1S/C17H20N2O3/c1-11-6-14(16(20)18-8-17(2)9-22-10-17)13-5-4-12(21-3)7-15(13)19-11/h4-7H,8-10H2,1-3H3,(H,18,20). The summed E-state index contributed by atoms with van der Waals surface area (Å²) in [6.07, 6.45) is 0. The van der Waals surface area contributed by atoms with Crippen LogP contribution in [0.2, 0.25) is 0 Å². The largest absolute Gasteiger partial charge is 0.497 e. The van der Waals surface area contributed by atoms with Gasteiger partial charge in [-0.25, -0.2) is 0 Å². The second-order valence-electron chi connectivity index (χ2n) is 6.18. The number of benzene rings is 1. The van der Waals surface area contributed by atoms with Crippen molar-refractivity contribution in [2.75, 3.05) is 26.9 Å². The first-order valence-corrected chi connectivity index (χ1v) is 7.32. The highest BCUT2D eigenvalue weighted by atomic mass is 16.5. The maximum absolute atomic E-state index is 12.5. The van der Waals surface area contributed by atoms with E-state index in [0.717, 1.165) is 22.3 Å². The lowest BCUT2D eigenvalue weighted by atomic mass is 9.88. The maximum atomic E-state index is 12.5. The van der Waals surface area contributed by atoms with Crippen molar-refractivity contribution in [3.63, 3.8) is 0 Å². The molecule has 2 aromatic rings. The second-order valence-corrected chi connectivity index (χ2v) is 6.18. The summed E-state index contributed by atoms with van der Waals surface area (Å²) >= 11 is 0. The van der Waals surface area contributed by atoms with E-state index in [1.165, 1.54) is 0 Å². The van der Waals surface area contributed by atoms with Crippen LogP contribution in [-0.2, 0) is 4.74 Å². The number of amides is 1. The minimum Gasteiger partial charge on any atom is -0.497 e. The van der Waals surface area contributed by atoms with Gasteiger partial charge in [-0.1, -0.05) is 6.92 Å². The van der Waals surface area contributed by atoms with E-state index in [0.29, 0.717) is 25.3 Å². The Hall–Kier alpha value is -2.14. The summed E-state index contributed by atoms with van der Waals surface area (Å²) in [5.74, 6) is 0.657. The van der Waals surface area contributed by atoms with Crippen LogP contribution in [0.4, 0.5) is 0 Å². The van der Waals surface area contributed by atoms with E-state index in [4.69, 9.17) is 9.47 Å². The average molecular weight is 300 g/mol. The molecule has 1 aliphatic heterocycles. The van der Waals surface area contributed by atoms with Crippen LogP contribution in [0.15, 0.2) is 24.3 Å². The Morgan fingerprint density at radius 1 is 1.41 bits per heavy atom. The molecule has 1 aromatic carbocycles. The van der Waals surface area contributed by atoms with Crippen LogP contribution in [0.5, 0.6) is 5.75 Å². The van der Waals surface area contributed by atoms with Crippen molar-refractivity contribution in [3.8, 4) is 5.75 Å². The van der Waals surface area contributed by atoms with Gasteiger partial charge in [-0.15, -0.1) is 0 Å². The molecule has 1 fully saturated rings. The van der Waals surface area contributed by atoms with Gasteiger partial charge in [0.2, 0.25) is 0 Å². The molecule has 1 amide bonds. The van der Waals surface area contributed by atoms with Crippen LogP contribution in [-0.4, -0.2) is 37.8 Å². The average Bonchev–Trinajstić information content (AvgIpc) is 2.49. The lowest BCUT2D eigenvalue weighted by Gasteiger charge is -2.38. The number of aryl methyl sites for hydroxylation is 1. The molecule has 0 bridgehead atoms. The van der Waals surface area contributed by atoms with Gasteiger partial charge in [0.05, 0.1) is 31.4 Å². The van der Waals surface area contributed by atoms with Crippen molar-refractivity contribution in [2.24, 2.45) is 5.41 Å². The highest BCUT2D eigenvalue weighted by Crippen LogP contribution is 2.26. The Morgan fingerprint density at radius 2 is 2.18 bits per heavy atom. The molecule has 1 aliphatic rings. The number of pyridine rings is 1. The molecule has 116 valence electrons. The Labute approximate surface area is 129 Å². The number of nitrogens with zero attached hydrogens (tertiary/aromatic N) is 1. The summed E-state index contributed by atoms with van der Waals surface area (Å²) in [4.78, 5) is 17.0. The van der Waals surface area contributed by atoms with Gasteiger partial charge in [0.1, 0.15) is 5.75 Å². The number of nitrogens with one attached hydrogen (secondary N) is 1. The van der Waals surface area contributed by atoms with E-state index in [1.807, 2.05) is 31.2 Å². The van der Waals surface area contributed by atoms with Crippen LogP contribution in [0.3, 0.4) is 0 Å².